The van der Waals surface area contributed by atoms with E-state index in [0.717, 1.165) is 25.1 Å². The van der Waals surface area contributed by atoms with E-state index in [1.807, 2.05) is 6.07 Å². The first-order chi connectivity index (χ1) is 9.06. The van der Waals surface area contributed by atoms with Gasteiger partial charge in [-0.25, -0.2) is 4.79 Å². The Morgan fingerprint density at radius 2 is 2.26 bits per heavy atom. The van der Waals surface area contributed by atoms with E-state index < -0.39 is 5.97 Å². The van der Waals surface area contributed by atoms with E-state index in [2.05, 4.69) is 18.4 Å². The molecule has 0 aromatic rings. The average Bonchev–Trinajstić information content (AvgIpc) is 2.38. The zero-order valence-corrected chi connectivity index (χ0v) is 11.3. The van der Waals surface area contributed by atoms with Crippen LogP contribution in [-0.4, -0.2) is 28.6 Å². The lowest BCUT2D eigenvalue weighted by atomic mass is 10.0. The summed E-state index contributed by atoms with van der Waals surface area (Å²) in [6.45, 7) is 7.12. The predicted octanol–water partition coefficient (Wildman–Crippen LogP) is 2.86. The quantitative estimate of drug-likeness (QED) is 0.610. The highest BCUT2D eigenvalue weighted by molar-refractivity contribution is 5.89. The number of carboxylic acids is 1. The molecule has 0 aromatic heterocycles. The molecule has 4 nitrogen and oxygen atoms in total. The van der Waals surface area contributed by atoms with Gasteiger partial charge in [-0.3, -0.25) is 0 Å². The van der Waals surface area contributed by atoms with E-state index in [9.17, 15) is 4.79 Å². The number of allylic oxidation sites excluding steroid dienone is 2. The molecule has 1 N–H and O–H groups in total. The number of nitrogens with zero attached hydrogens (tertiary/aromatic N) is 2. The molecular weight excluding hydrogens is 240 g/mol. The summed E-state index contributed by atoms with van der Waals surface area (Å²) in [6, 6.07) is 2.35. The summed E-state index contributed by atoms with van der Waals surface area (Å²) in [5, 5.41) is 17.5. The lowest BCUT2D eigenvalue weighted by molar-refractivity contribution is -0.132. The molecule has 0 bridgehead atoms. The van der Waals surface area contributed by atoms with Crippen LogP contribution in [0.4, 0.5) is 0 Å². The Labute approximate surface area is 114 Å². The van der Waals surface area contributed by atoms with Crippen LogP contribution in [0.25, 0.3) is 0 Å². The Kier molecular flexibility index (Phi) is 5.87. The minimum atomic E-state index is -1.02. The van der Waals surface area contributed by atoms with Crippen LogP contribution in [-0.2, 0) is 4.79 Å². The third-order valence-corrected chi connectivity index (χ3v) is 3.29. The van der Waals surface area contributed by atoms with Gasteiger partial charge in [-0.2, -0.15) is 5.26 Å². The van der Waals surface area contributed by atoms with E-state index in [4.69, 9.17) is 10.4 Å². The van der Waals surface area contributed by atoms with Crippen LogP contribution in [0.1, 0.15) is 32.6 Å². The molecule has 0 spiro atoms. The largest absolute Gasteiger partial charge is 0.478 e. The minimum absolute atomic E-state index is 0.0958. The number of likely N-dealkylation sites (tertiary alicyclic amines) is 1. The zero-order valence-electron chi connectivity index (χ0n) is 11.3. The third kappa shape index (κ3) is 4.63. The van der Waals surface area contributed by atoms with Crippen LogP contribution < -0.4 is 0 Å². The van der Waals surface area contributed by atoms with Crippen molar-refractivity contribution in [3.05, 3.63) is 36.1 Å². The van der Waals surface area contributed by atoms with E-state index in [0.29, 0.717) is 6.04 Å². The lowest BCUT2D eigenvalue weighted by Crippen LogP contribution is -2.35. The Morgan fingerprint density at radius 1 is 1.53 bits per heavy atom. The molecule has 1 unspecified atom stereocenters. The number of hydrogen-bond donors (Lipinski definition) is 1. The Balaban J connectivity index is 2.70. The van der Waals surface area contributed by atoms with Gasteiger partial charge in [0.25, 0.3) is 0 Å². The Hall–Kier alpha value is -2.02. The summed E-state index contributed by atoms with van der Waals surface area (Å²) < 4.78 is 0. The van der Waals surface area contributed by atoms with Gasteiger partial charge >= 0.3 is 5.97 Å². The maximum Gasteiger partial charge on any atom is 0.335 e. The molecule has 19 heavy (non-hydrogen) atoms. The van der Waals surface area contributed by atoms with Crippen LogP contribution in [0, 0.1) is 11.3 Å². The highest BCUT2D eigenvalue weighted by Crippen LogP contribution is 2.21. The van der Waals surface area contributed by atoms with Gasteiger partial charge in [0.2, 0.25) is 0 Å². The summed E-state index contributed by atoms with van der Waals surface area (Å²) >= 11 is 0. The van der Waals surface area contributed by atoms with Gasteiger partial charge in [0.1, 0.15) is 0 Å². The van der Waals surface area contributed by atoms with Crippen molar-refractivity contribution in [1.82, 2.24) is 4.90 Å². The van der Waals surface area contributed by atoms with Crippen LogP contribution in [0.2, 0.25) is 0 Å². The van der Waals surface area contributed by atoms with Gasteiger partial charge in [0.05, 0.1) is 18.1 Å². The van der Waals surface area contributed by atoms with Crippen molar-refractivity contribution in [2.24, 2.45) is 0 Å². The van der Waals surface area contributed by atoms with E-state index in [-0.39, 0.29) is 12.0 Å². The molecule has 1 aliphatic heterocycles. The Bertz CT molecular complexity index is 444. The molecule has 1 heterocycles. The third-order valence-electron chi connectivity index (χ3n) is 3.29. The molecule has 1 fully saturated rings. The number of hydrogen-bond acceptors (Lipinski definition) is 3. The topological polar surface area (TPSA) is 64.3 Å². The fourth-order valence-corrected chi connectivity index (χ4v) is 2.19. The van der Waals surface area contributed by atoms with E-state index >= 15 is 0 Å². The maximum absolute atomic E-state index is 11.0. The molecule has 0 saturated carbocycles. The average molecular weight is 260 g/mol. The molecule has 4 heteroatoms. The highest BCUT2D eigenvalue weighted by atomic mass is 16.4. The SMILES string of the molecule is C=C(/C=C\C(=C/CC#N)C(=O)O)N1CCCCC1C. The molecular formula is C15H20N2O2. The standard InChI is InChI=1S/C15H20N2O2/c1-12-6-3-4-11-17(12)13(2)8-9-14(15(18)19)7-5-10-16/h7-9,12H,2-6,11H2,1H3,(H,18,19)/b9-8-,14-7+. The molecule has 0 aromatic carbocycles. The molecule has 1 saturated heterocycles. The van der Waals surface area contributed by atoms with Gasteiger partial charge in [-0.1, -0.05) is 12.7 Å². The Morgan fingerprint density at radius 3 is 2.84 bits per heavy atom. The number of aliphatic carboxylic acids is 1. The summed E-state index contributed by atoms with van der Waals surface area (Å²) in [7, 11) is 0. The summed E-state index contributed by atoms with van der Waals surface area (Å²) in [5.41, 5.74) is 0.962. The van der Waals surface area contributed by atoms with Crippen molar-refractivity contribution >= 4 is 5.97 Å². The molecule has 1 atom stereocenters. The second-order valence-electron chi connectivity index (χ2n) is 4.69. The number of piperidine rings is 1. The lowest BCUT2D eigenvalue weighted by Gasteiger charge is -2.35. The molecule has 0 radical (unpaired) electrons. The number of rotatable bonds is 5. The van der Waals surface area contributed by atoms with Crippen LogP contribution >= 0.6 is 0 Å². The highest BCUT2D eigenvalue weighted by Gasteiger charge is 2.18. The molecule has 0 aliphatic carbocycles. The molecule has 1 aliphatic rings. The number of carboxylic acid groups (broad SMARTS) is 1. The van der Waals surface area contributed by atoms with Crippen molar-refractivity contribution < 1.29 is 9.90 Å². The smallest absolute Gasteiger partial charge is 0.335 e. The van der Waals surface area contributed by atoms with Crippen molar-refractivity contribution in [2.45, 2.75) is 38.6 Å². The fraction of sp³-hybridized carbons (Fsp3) is 0.467. The molecule has 102 valence electrons. The van der Waals surface area contributed by atoms with Crippen LogP contribution in [0.3, 0.4) is 0 Å². The van der Waals surface area contributed by atoms with E-state index in [1.165, 1.54) is 18.6 Å². The second kappa shape index (κ2) is 7.42. The predicted molar refractivity (Wildman–Crippen MR) is 74.2 cm³/mol. The summed E-state index contributed by atoms with van der Waals surface area (Å²) in [4.78, 5) is 13.2. The maximum atomic E-state index is 11.0. The molecule has 1 rings (SSSR count). The van der Waals surface area contributed by atoms with Gasteiger partial charge in [0.15, 0.2) is 0 Å². The summed E-state index contributed by atoms with van der Waals surface area (Å²) in [5.74, 6) is -1.02. The first-order valence-corrected chi connectivity index (χ1v) is 6.50. The number of nitriles is 1. The van der Waals surface area contributed by atoms with Crippen molar-refractivity contribution in [1.29, 1.82) is 5.26 Å². The van der Waals surface area contributed by atoms with Crippen molar-refractivity contribution in [2.75, 3.05) is 6.54 Å². The summed E-state index contributed by atoms with van der Waals surface area (Å²) in [6.07, 6.45) is 8.26. The minimum Gasteiger partial charge on any atom is -0.478 e. The second-order valence-corrected chi connectivity index (χ2v) is 4.69. The monoisotopic (exact) mass is 260 g/mol. The normalized spacial score (nSPS) is 20.3. The fourth-order valence-electron chi connectivity index (χ4n) is 2.19. The van der Waals surface area contributed by atoms with Gasteiger partial charge in [0, 0.05) is 18.3 Å². The van der Waals surface area contributed by atoms with Crippen LogP contribution in [0.15, 0.2) is 36.1 Å². The van der Waals surface area contributed by atoms with Gasteiger partial charge in [-0.15, -0.1) is 0 Å². The zero-order chi connectivity index (χ0) is 14.3. The van der Waals surface area contributed by atoms with Crippen molar-refractivity contribution in [3.8, 4) is 6.07 Å². The van der Waals surface area contributed by atoms with Gasteiger partial charge in [-0.05, 0) is 38.3 Å². The molecule has 0 amide bonds. The van der Waals surface area contributed by atoms with Gasteiger partial charge < -0.3 is 10.0 Å². The number of carbonyl (C=O) groups is 1. The first-order valence-electron chi connectivity index (χ1n) is 6.50. The van der Waals surface area contributed by atoms with Crippen LogP contribution in [0.5, 0.6) is 0 Å². The first kappa shape index (κ1) is 15.0. The van der Waals surface area contributed by atoms with E-state index in [1.54, 1.807) is 6.08 Å². The van der Waals surface area contributed by atoms with Crippen molar-refractivity contribution in [3.63, 3.8) is 0 Å².